The molecule has 3 nitrogen and oxygen atoms in total. The fourth-order valence-electron chi connectivity index (χ4n) is 2.32. The van der Waals surface area contributed by atoms with Gasteiger partial charge in [-0.15, -0.1) is 0 Å². The van der Waals surface area contributed by atoms with E-state index in [-0.39, 0.29) is 5.78 Å². The number of ketones is 1. The van der Waals surface area contributed by atoms with E-state index in [0.717, 1.165) is 40.1 Å². The maximum Gasteiger partial charge on any atom is 0.167 e. The first-order valence-corrected chi connectivity index (χ1v) is 7.12. The number of hydrogen-bond acceptors (Lipinski definition) is 3. The molecule has 0 radical (unpaired) electrons. The van der Waals surface area contributed by atoms with Gasteiger partial charge in [-0.05, 0) is 43.1 Å². The van der Waals surface area contributed by atoms with Crippen LogP contribution in [-0.2, 0) is 11.2 Å². The Morgan fingerprint density at radius 2 is 2.14 bits per heavy atom. The van der Waals surface area contributed by atoms with Gasteiger partial charge >= 0.3 is 0 Å². The average molecular weight is 280 g/mol. The highest BCUT2D eigenvalue weighted by Crippen LogP contribution is 2.25. The van der Waals surface area contributed by atoms with Gasteiger partial charge in [0.05, 0.1) is 17.6 Å². The molecule has 0 atom stereocenters. The highest BCUT2D eigenvalue weighted by Gasteiger charge is 2.16. The van der Waals surface area contributed by atoms with Gasteiger partial charge < -0.3 is 0 Å². The normalized spacial score (nSPS) is 15.6. The van der Waals surface area contributed by atoms with Crippen LogP contribution in [0.4, 0.5) is 0 Å². The molecule has 1 aromatic rings. The summed E-state index contributed by atoms with van der Waals surface area (Å²) >= 11 is 0. The molecule has 2 rings (SSSR count). The second-order valence-corrected chi connectivity index (χ2v) is 5.22. The number of carbonyl (C=O) groups is 1. The number of rotatable bonds is 4. The highest BCUT2D eigenvalue weighted by atomic mass is 16.1. The first kappa shape index (κ1) is 15.1. The molecule has 1 aromatic heterocycles. The van der Waals surface area contributed by atoms with Gasteiger partial charge in [0.1, 0.15) is 0 Å². The average Bonchev–Trinajstić information content (AvgIpc) is 2.47. The van der Waals surface area contributed by atoms with Gasteiger partial charge in [0.25, 0.3) is 0 Å². The summed E-state index contributed by atoms with van der Waals surface area (Å²) in [5, 5.41) is 0. The van der Waals surface area contributed by atoms with Crippen LogP contribution in [0.2, 0.25) is 0 Å². The predicted octanol–water partition coefficient (Wildman–Crippen LogP) is 3.84. The Labute approximate surface area is 125 Å². The molecule has 21 heavy (non-hydrogen) atoms. The van der Waals surface area contributed by atoms with Crippen LogP contribution in [0, 0.1) is 0 Å². The van der Waals surface area contributed by atoms with E-state index in [4.69, 9.17) is 0 Å². The van der Waals surface area contributed by atoms with Crippen LogP contribution >= 0.6 is 0 Å². The smallest absolute Gasteiger partial charge is 0.167 e. The molecule has 0 N–H and O–H groups in total. The minimum atomic E-state index is 0.123. The van der Waals surface area contributed by atoms with E-state index in [1.54, 1.807) is 12.4 Å². The number of carbonyl (C=O) groups excluding carboxylic acids is 1. The zero-order valence-electron chi connectivity index (χ0n) is 12.8. The number of aryl methyl sites for hydroxylation is 1. The maximum absolute atomic E-state index is 12.0. The number of aromatic nitrogens is 2. The lowest BCUT2D eigenvalue weighted by Gasteiger charge is -2.13. The molecule has 3 heteroatoms. The van der Waals surface area contributed by atoms with E-state index in [0.29, 0.717) is 6.42 Å². The van der Waals surface area contributed by atoms with Crippen molar-refractivity contribution in [2.45, 2.75) is 33.6 Å². The molecule has 1 aliphatic carbocycles. The SMILES string of the molecule is C=C(C)C1=C(/C=C(\C)c2cncc(CC)n2)C=CCC1=O. The Morgan fingerprint density at radius 1 is 1.38 bits per heavy atom. The molecule has 1 heterocycles. The van der Waals surface area contributed by atoms with Gasteiger partial charge in [0, 0.05) is 18.2 Å². The van der Waals surface area contributed by atoms with E-state index < -0.39 is 0 Å². The van der Waals surface area contributed by atoms with Crippen LogP contribution < -0.4 is 0 Å². The minimum absolute atomic E-state index is 0.123. The summed E-state index contributed by atoms with van der Waals surface area (Å²) in [7, 11) is 0. The summed E-state index contributed by atoms with van der Waals surface area (Å²) in [5.41, 5.74) is 5.22. The molecule has 0 bridgehead atoms. The van der Waals surface area contributed by atoms with E-state index >= 15 is 0 Å². The molecule has 108 valence electrons. The van der Waals surface area contributed by atoms with Crippen molar-refractivity contribution in [1.29, 1.82) is 0 Å². The Morgan fingerprint density at radius 3 is 2.81 bits per heavy atom. The summed E-state index contributed by atoms with van der Waals surface area (Å²) in [6, 6.07) is 0. The molecule has 0 fully saturated rings. The predicted molar refractivity (Wildman–Crippen MR) is 85.7 cm³/mol. The maximum atomic E-state index is 12.0. The number of Topliss-reactive ketones (excluding diaryl/α,β-unsaturated/α-hetero) is 1. The van der Waals surface area contributed by atoms with Crippen molar-refractivity contribution in [3.8, 4) is 0 Å². The van der Waals surface area contributed by atoms with Gasteiger partial charge in [-0.1, -0.05) is 25.7 Å². The van der Waals surface area contributed by atoms with Gasteiger partial charge in [0.15, 0.2) is 5.78 Å². The van der Waals surface area contributed by atoms with Gasteiger partial charge in [0.2, 0.25) is 0 Å². The monoisotopic (exact) mass is 280 g/mol. The van der Waals surface area contributed by atoms with Crippen molar-refractivity contribution >= 4 is 11.4 Å². The van der Waals surface area contributed by atoms with E-state index in [1.165, 1.54) is 0 Å². The lowest BCUT2D eigenvalue weighted by molar-refractivity contribution is -0.114. The van der Waals surface area contributed by atoms with Crippen LogP contribution in [0.25, 0.3) is 5.57 Å². The van der Waals surface area contributed by atoms with Crippen molar-refractivity contribution in [2.75, 3.05) is 0 Å². The quantitative estimate of drug-likeness (QED) is 0.841. The molecule has 0 saturated carbocycles. The first-order chi connectivity index (χ1) is 10.0. The van der Waals surface area contributed by atoms with Gasteiger partial charge in [-0.25, -0.2) is 4.98 Å². The van der Waals surface area contributed by atoms with E-state index in [1.807, 2.05) is 32.1 Å². The van der Waals surface area contributed by atoms with Crippen molar-refractivity contribution < 1.29 is 4.79 Å². The minimum Gasteiger partial charge on any atom is -0.294 e. The summed E-state index contributed by atoms with van der Waals surface area (Å²) < 4.78 is 0. The summed E-state index contributed by atoms with van der Waals surface area (Å²) in [5.74, 6) is 0.123. The van der Waals surface area contributed by atoms with E-state index in [9.17, 15) is 4.79 Å². The second kappa shape index (κ2) is 6.44. The number of allylic oxidation sites excluding steroid dienone is 7. The topological polar surface area (TPSA) is 42.9 Å². The molecule has 0 spiro atoms. The Bertz CT molecular complexity index is 678. The highest BCUT2D eigenvalue weighted by molar-refractivity contribution is 6.03. The van der Waals surface area contributed by atoms with Crippen molar-refractivity contribution in [3.05, 3.63) is 65.3 Å². The van der Waals surface area contributed by atoms with E-state index in [2.05, 4.69) is 23.5 Å². The van der Waals surface area contributed by atoms with Crippen LogP contribution in [0.3, 0.4) is 0 Å². The lowest BCUT2D eigenvalue weighted by Crippen LogP contribution is -2.08. The molecule has 0 aromatic carbocycles. The van der Waals surface area contributed by atoms with Crippen LogP contribution in [0.5, 0.6) is 0 Å². The molecular weight excluding hydrogens is 260 g/mol. The lowest BCUT2D eigenvalue weighted by atomic mass is 9.90. The third-order valence-corrected chi connectivity index (χ3v) is 3.42. The fraction of sp³-hybridized carbons (Fsp3) is 0.278. The van der Waals surface area contributed by atoms with Gasteiger partial charge in [-0.2, -0.15) is 0 Å². The number of nitrogens with zero attached hydrogens (tertiary/aromatic N) is 2. The molecular formula is C18H20N2O. The van der Waals surface area contributed by atoms with Crippen molar-refractivity contribution in [3.63, 3.8) is 0 Å². The molecule has 0 aliphatic heterocycles. The van der Waals surface area contributed by atoms with Crippen LogP contribution in [-0.4, -0.2) is 15.8 Å². The summed E-state index contributed by atoms with van der Waals surface area (Å²) in [6.07, 6.45) is 10.7. The molecule has 0 amide bonds. The number of hydrogen-bond donors (Lipinski definition) is 0. The Balaban J connectivity index is 2.45. The van der Waals surface area contributed by atoms with Gasteiger partial charge in [-0.3, -0.25) is 9.78 Å². The van der Waals surface area contributed by atoms with Crippen LogP contribution in [0.15, 0.2) is 53.9 Å². The van der Waals surface area contributed by atoms with Crippen molar-refractivity contribution in [2.24, 2.45) is 0 Å². The summed E-state index contributed by atoms with van der Waals surface area (Å²) in [6.45, 7) is 9.82. The first-order valence-electron chi connectivity index (χ1n) is 7.12. The molecule has 0 saturated heterocycles. The molecule has 0 unspecified atom stereocenters. The second-order valence-electron chi connectivity index (χ2n) is 5.22. The Hall–Kier alpha value is -2.29. The summed E-state index contributed by atoms with van der Waals surface area (Å²) in [4.78, 5) is 20.8. The zero-order chi connectivity index (χ0) is 15.4. The largest absolute Gasteiger partial charge is 0.294 e. The Kier molecular flexibility index (Phi) is 4.63. The zero-order valence-corrected chi connectivity index (χ0v) is 12.8. The third kappa shape index (κ3) is 3.43. The van der Waals surface area contributed by atoms with Crippen molar-refractivity contribution in [1.82, 2.24) is 9.97 Å². The van der Waals surface area contributed by atoms with Crippen LogP contribution in [0.1, 0.15) is 38.6 Å². The standard InChI is InChI=1S/C18H20N2O/c1-5-15-10-19-11-16(20-15)13(4)9-14-7-6-8-17(21)18(14)12(2)3/h6-7,9-11H,2,5,8H2,1,3-4H3/b13-9+. The third-order valence-electron chi connectivity index (χ3n) is 3.42. The molecule has 1 aliphatic rings. The fourth-order valence-corrected chi connectivity index (χ4v) is 2.32.